The third-order valence-electron chi connectivity index (χ3n) is 2.64. The van der Waals surface area contributed by atoms with E-state index in [1.54, 1.807) is 6.07 Å². The Bertz CT molecular complexity index is 376. The van der Waals surface area contributed by atoms with Gasteiger partial charge in [0.2, 0.25) is 11.8 Å². The van der Waals surface area contributed by atoms with Crippen molar-refractivity contribution in [3.8, 4) is 0 Å². The van der Waals surface area contributed by atoms with Crippen molar-refractivity contribution >= 4 is 11.8 Å². The van der Waals surface area contributed by atoms with Gasteiger partial charge in [-0.05, 0) is 12.5 Å². The minimum absolute atomic E-state index is 0.114. The number of anilines is 1. The summed E-state index contributed by atoms with van der Waals surface area (Å²) in [6.45, 7) is 8.38. The van der Waals surface area contributed by atoms with E-state index in [0.29, 0.717) is 25.5 Å². The average Bonchev–Trinajstić information content (AvgIpc) is 2.77. The maximum Gasteiger partial charge on any atom is 0.240 e. The molecule has 6 heteroatoms. The van der Waals surface area contributed by atoms with Gasteiger partial charge in [-0.25, -0.2) is 0 Å². The van der Waals surface area contributed by atoms with Gasteiger partial charge in [0.25, 0.3) is 0 Å². The van der Waals surface area contributed by atoms with Gasteiger partial charge in [-0.1, -0.05) is 25.9 Å². The molecule has 0 aliphatic heterocycles. The van der Waals surface area contributed by atoms with Crippen LogP contribution in [-0.4, -0.2) is 42.1 Å². The van der Waals surface area contributed by atoms with E-state index in [0.717, 1.165) is 12.2 Å². The molecule has 1 amide bonds. The fourth-order valence-corrected chi connectivity index (χ4v) is 1.53. The van der Waals surface area contributed by atoms with Gasteiger partial charge in [-0.2, -0.15) is 0 Å². The number of likely N-dealkylation sites (N-methyl/N-ethyl adjacent to an activating group) is 1. The van der Waals surface area contributed by atoms with Crippen LogP contribution in [0.2, 0.25) is 0 Å². The number of aromatic nitrogens is 1. The number of rotatable bonds is 7. The summed E-state index contributed by atoms with van der Waals surface area (Å²) in [6.07, 6.45) is 0. The molecule has 1 aromatic rings. The summed E-state index contributed by atoms with van der Waals surface area (Å²) in [7, 11) is 0. The van der Waals surface area contributed by atoms with E-state index in [1.807, 2.05) is 25.7 Å². The summed E-state index contributed by atoms with van der Waals surface area (Å²) >= 11 is 0. The minimum Gasteiger partial charge on any atom is -0.338 e. The highest BCUT2D eigenvalue weighted by molar-refractivity contribution is 5.90. The Morgan fingerprint density at radius 2 is 2.33 bits per heavy atom. The second kappa shape index (κ2) is 7.13. The third-order valence-corrected chi connectivity index (χ3v) is 2.64. The van der Waals surface area contributed by atoms with E-state index < -0.39 is 0 Å². The van der Waals surface area contributed by atoms with Crippen LogP contribution >= 0.6 is 0 Å². The molecular formula is C12H22N4O2. The first-order valence-electron chi connectivity index (χ1n) is 6.25. The van der Waals surface area contributed by atoms with Gasteiger partial charge in [-0.15, -0.1) is 0 Å². The van der Waals surface area contributed by atoms with Gasteiger partial charge in [0.05, 0.1) is 12.2 Å². The van der Waals surface area contributed by atoms with E-state index >= 15 is 0 Å². The van der Waals surface area contributed by atoms with Crippen LogP contribution in [0, 0.1) is 0 Å². The second-order valence-corrected chi connectivity index (χ2v) is 4.48. The van der Waals surface area contributed by atoms with Gasteiger partial charge in [0.1, 0.15) is 0 Å². The lowest BCUT2D eigenvalue weighted by atomic mass is 10.1. The van der Waals surface area contributed by atoms with Crippen LogP contribution in [0.1, 0.15) is 32.4 Å². The summed E-state index contributed by atoms with van der Waals surface area (Å²) < 4.78 is 5.05. The smallest absolute Gasteiger partial charge is 0.240 e. The van der Waals surface area contributed by atoms with E-state index in [1.165, 1.54) is 0 Å². The molecular weight excluding hydrogens is 232 g/mol. The Labute approximate surface area is 107 Å². The third kappa shape index (κ3) is 4.46. The van der Waals surface area contributed by atoms with E-state index in [4.69, 9.17) is 10.3 Å². The molecule has 0 aliphatic carbocycles. The highest BCUT2D eigenvalue weighted by atomic mass is 16.5. The molecule has 1 heterocycles. The van der Waals surface area contributed by atoms with Crippen molar-refractivity contribution in [3.05, 3.63) is 11.8 Å². The lowest BCUT2D eigenvalue weighted by Gasteiger charge is -2.17. The number of carbonyl (C=O) groups is 1. The summed E-state index contributed by atoms with van der Waals surface area (Å²) in [4.78, 5) is 13.7. The first-order chi connectivity index (χ1) is 8.56. The maximum atomic E-state index is 11.8. The zero-order valence-electron chi connectivity index (χ0n) is 11.3. The summed E-state index contributed by atoms with van der Waals surface area (Å²) in [5.74, 6) is 0.563. The zero-order chi connectivity index (χ0) is 13.5. The lowest BCUT2D eigenvalue weighted by Crippen LogP contribution is -2.36. The van der Waals surface area contributed by atoms with Crippen molar-refractivity contribution in [1.29, 1.82) is 0 Å². The monoisotopic (exact) mass is 254 g/mol. The largest absolute Gasteiger partial charge is 0.338 e. The van der Waals surface area contributed by atoms with Crippen LogP contribution in [0.15, 0.2) is 10.6 Å². The second-order valence-electron chi connectivity index (χ2n) is 4.48. The highest BCUT2D eigenvalue weighted by Gasteiger charge is 2.12. The molecule has 102 valence electrons. The quantitative estimate of drug-likeness (QED) is 0.759. The molecule has 6 nitrogen and oxygen atoms in total. The molecule has 18 heavy (non-hydrogen) atoms. The van der Waals surface area contributed by atoms with E-state index in [9.17, 15) is 4.79 Å². The predicted octanol–water partition coefficient (Wildman–Crippen LogP) is 1.02. The van der Waals surface area contributed by atoms with Crippen molar-refractivity contribution in [2.45, 2.75) is 26.7 Å². The van der Waals surface area contributed by atoms with E-state index in [2.05, 4.69) is 10.5 Å². The van der Waals surface area contributed by atoms with Crippen LogP contribution in [0.4, 0.5) is 5.88 Å². The SMILES string of the molecule is CCN(CCN)CC(=O)Nc1cc(C(C)C)no1. The minimum atomic E-state index is -0.114. The Morgan fingerprint density at radius 1 is 1.61 bits per heavy atom. The predicted molar refractivity (Wildman–Crippen MR) is 70.4 cm³/mol. The van der Waals surface area contributed by atoms with Gasteiger partial charge in [-0.3, -0.25) is 15.0 Å². The number of carbonyl (C=O) groups excluding carboxylic acids is 1. The lowest BCUT2D eigenvalue weighted by molar-refractivity contribution is -0.117. The van der Waals surface area contributed by atoms with Crippen molar-refractivity contribution in [2.24, 2.45) is 5.73 Å². The Morgan fingerprint density at radius 3 is 2.83 bits per heavy atom. The molecule has 0 saturated heterocycles. The number of hydrogen-bond acceptors (Lipinski definition) is 5. The molecule has 0 saturated carbocycles. The molecule has 1 rings (SSSR count). The van der Waals surface area contributed by atoms with Crippen molar-refractivity contribution < 1.29 is 9.32 Å². The number of nitrogens with zero attached hydrogens (tertiary/aromatic N) is 2. The first kappa shape index (κ1) is 14.7. The number of hydrogen-bond donors (Lipinski definition) is 2. The Balaban J connectivity index is 2.48. The van der Waals surface area contributed by atoms with Gasteiger partial charge < -0.3 is 10.3 Å². The van der Waals surface area contributed by atoms with Gasteiger partial charge >= 0.3 is 0 Å². The molecule has 0 radical (unpaired) electrons. The number of nitrogens with one attached hydrogen (secondary N) is 1. The molecule has 3 N–H and O–H groups in total. The van der Waals surface area contributed by atoms with Crippen LogP contribution in [-0.2, 0) is 4.79 Å². The van der Waals surface area contributed by atoms with E-state index in [-0.39, 0.29) is 11.8 Å². The highest BCUT2D eigenvalue weighted by Crippen LogP contribution is 2.17. The molecule has 1 aromatic heterocycles. The van der Waals surface area contributed by atoms with Crippen molar-refractivity contribution in [2.75, 3.05) is 31.5 Å². The Kier molecular flexibility index (Phi) is 5.80. The number of amides is 1. The summed E-state index contributed by atoms with van der Waals surface area (Å²) in [6, 6.07) is 1.75. The normalized spacial score (nSPS) is 11.2. The molecule has 0 unspecified atom stereocenters. The maximum absolute atomic E-state index is 11.8. The molecule has 0 atom stereocenters. The van der Waals surface area contributed by atoms with Crippen LogP contribution in [0.5, 0.6) is 0 Å². The summed E-state index contributed by atoms with van der Waals surface area (Å²) in [5.41, 5.74) is 6.30. The number of nitrogens with two attached hydrogens (primary N) is 1. The summed E-state index contributed by atoms with van der Waals surface area (Å²) in [5, 5.41) is 6.57. The zero-order valence-corrected chi connectivity index (χ0v) is 11.3. The Hall–Kier alpha value is -1.40. The molecule has 0 aliphatic rings. The molecule has 0 bridgehead atoms. The fourth-order valence-electron chi connectivity index (χ4n) is 1.53. The molecule has 0 fully saturated rings. The van der Waals surface area contributed by atoms with Crippen molar-refractivity contribution in [3.63, 3.8) is 0 Å². The van der Waals surface area contributed by atoms with Crippen LogP contribution in [0.3, 0.4) is 0 Å². The average molecular weight is 254 g/mol. The van der Waals surface area contributed by atoms with Gasteiger partial charge in [0.15, 0.2) is 0 Å². The molecule has 0 spiro atoms. The van der Waals surface area contributed by atoms with Crippen LogP contribution in [0.25, 0.3) is 0 Å². The first-order valence-corrected chi connectivity index (χ1v) is 6.25. The van der Waals surface area contributed by atoms with Gasteiger partial charge in [0, 0.05) is 19.2 Å². The molecule has 0 aromatic carbocycles. The fraction of sp³-hybridized carbons (Fsp3) is 0.667. The standard InChI is InChI=1S/C12H22N4O2/c1-4-16(6-5-13)8-11(17)14-12-7-10(9(2)3)15-18-12/h7,9H,4-6,8,13H2,1-3H3,(H,14,17). The topological polar surface area (TPSA) is 84.4 Å². The van der Waals surface area contributed by atoms with Crippen LogP contribution < -0.4 is 11.1 Å². The van der Waals surface area contributed by atoms with Crippen molar-refractivity contribution in [1.82, 2.24) is 10.1 Å².